The van der Waals surface area contributed by atoms with E-state index < -0.39 is 0 Å². The fourth-order valence-electron chi connectivity index (χ4n) is 1.73. The maximum absolute atomic E-state index is 12.2. The van der Waals surface area contributed by atoms with Crippen molar-refractivity contribution < 1.29 is 9.90 Å². The van der Waals surface area contributed by atoms with E-state index in [9.17, 15) is 4.79 Å². The SMILES string of the molecule is Cc1ccc(NC(=O)c2cnc(C)s2)c(C#CCCO)c1. The number of nitrogens with zero attached hydrogens (tertiary/aromatic N) is 1. The topological polar surface area (TPSA) is 62.2 Å². The number of carbonyl (C=O) groups excluding carboxylic acids is 1. The number of aryl methyl sites for hydroxylation is 2. The zero-order valence-electron chi connectivity index (χ0n) is 11.9. The number of carbonyl (C=O) groups is 1. The normalized spacial score (nSPS) is 9.86. The molecule has 2 aromatic rings. The van der Waals surface area contributed by atoms with Gasteiger partial charge >= 0.3 is 0 Å². The summed E-state index contributed by atoms with van der Waals surface area (Å²) in [7, 11) is 0. The average molecular weight is 300 g/mol. The molecule has 0 aliphatic carbocycles. The molecule has 0 aliphatic rings. The Balaban J connectivity index is 2.23. The number of nitrogens with one attached hydrogen (secondary N) is 1. The Bertz CT molecular complexity index is 711. The molecule has 4 nitrogen and oxygen atoms in total. The van der Waals surface area contributed by atoms with Crippen LogP contribution in [0.2, 0.25) is 0 Å². The fraction of sp³-hybridized carbons (Fsp3) is 0.250. The highest BCUT2D eigenvalue weighted by molar-refractivity contribution is 7.13. The number of thiazole rings is 1. The fourth-order valence-corrected chi connectivity index (χ4v) is 2.41. The summed E-state index contributed by atoms with van der Waals surface area (Å²) >= 11 is 1.35. The van der Waals surface area contributed by atoms with Gasteiger partial charge in [0, 0.05) is 12.0 Å². The van der Waals surface area contributed by atoms with Crippen molar-refractivity contribution in [2.24, 2.45) is 0 Å². The quantitative estimate of drug-likeness (QED) is 0.857. The van der Waals surface area contributed by atoms with Gasteiger partial charge in [0.25, 0.3) is 5.91 Å². The zero-order valence-corrected chi connectivity index (χ0v) is 12.8. The molecule has 1 aromatic carbocycles. The van der Waals surface area contributed by atoms with Crippen molar-refractivity contribution in [2.75, 3.05) is 11.9 Å². The van der Waals surface area contributed by atoms with Crippen LogP contribution in [0, 0.1) is 25.7 Å². The Kier molecular flexibility index (Phi) is 5.09. The summed E-state index contributed by atoms with van der Waals surface area (Å²) in [6.07, 6.45) is 1.98. The summed E-state index contributed by atoms with van der Waals surface area (Å²) in [5.41, 5.74) is 2.48. The lowest BCUT2D eigenvalue weighted by molar-refractivity contribution is 0.103. The van der Waals surface area contributed by atoms with Crippen molar-refractivity contribution in [2.45, 2.75) is 20.3 Å². The predicted molar refractivity (Wildman–Crippen MR) is 84.6 cm³/mol. The number of aromatic nitrogens is 1. The lowest BCUT2D eigenvalue weighted by Crippen LogP contribution is -2.11. The van der Waals surface area contributed by atoms with E-state index >= 15 is 0 Å². The molecule has 0 spiro atoms. The third kappa shape index (κ3) is 4.15. The molecule has 1 aromatic heterocycles. The van der Waals surface area contributed by atoms with Gasteiger partial charge in [0.2, 0.25) is 0 Å². The van der Waals surface area contributed by atoms with Crippen molar-refractivity contribution >= 4 is 22.9 Å². The van der Waals surface area contributed by atoms with Gasteiger partial charge in [-0.25, -0.2) is 4.98 Å². The van der Waals surface area contributed by atoms with E-state index in [0.29, 0.717) is 17.0 Å². The largest absolute Gasteiger partial charge is 0.395 e. The summed E-state index contributed by atoms with van der Waals surface area (Å²) in [5, 5.41) is 12.5. The zero-order chi connectivity index (χ0) is 15.2. The van der Waals surface area contributed by atoms with E-state index in [0.717, 1.165) is 16.1 Å². The Morgan fingerprint density at radius 2 is 2.24 bits per heavy atom. The van der Waals surface area contributed by atoms with Crippen molar-refractivity contribution in [1.29, 1.82) is 0 Å². The van der Waals surface area contributed by atoms with Crippen molar-refractivity contribution in [1.82, 2.24) is 4.98 Å². The number of aliphatic hydroxyl groups is 1. The molecular formula is C16H16N2O2S. The third-order valence-corrected chi connectivity index (χ3v) is 3.64. The van der Waals surface area contributed by atoms with Gasteiger partial charge in [-0.15, -0.1) is 11.3 Å². The molecule has 2 rings (SSSR count). The average Bonchev–Trinajstić information content (AvgIpc) is 2.88. The van der Waals surface area contributed by atoms with Crippen LogP contribution >= 0.6 is 11.3 Å². The van der Waals surface area contributed by atoms with Crippen molar-refractivity contribution in [3.63, 3.8) is 0 Å². The van der Waals surface area contributed by atoms with Gasteiger partial charge in [0.1, 0.15) is 4.88 Å². The Morgan fingerprint density at radius 1 is 1.43 bits per heavy atom. The maximum Gasteiger partial charge on any atom is 0.267 e. The monoisotopic (exact) mass is 300 g/mol. The van der Waals surface area contributed by atoms with Gasteiger partial charge in [0.05, 0.1) is 23.5 Å². The molecule has 0 bridgehead atoms. The number of hydrogen-bond acceptors (Lipinski definition) is 4. The van der Waals surface area contributed by atoms with E-state index in [4.69, 9.17) is 5.11 Å². The molecule has 2 N–H and O–H groups in total. The second kappa shape index (κ2) is 7.02. The molecule has 0 aliphatic heterocycles. The molecular weight excluding hydrogens is 284 g/mol. The first-order valence-corrected chi connectivity index (χ1v) is 7.36. The summed E-state index contributed by atoms with van der Waals surface area (Å²) in [6, 6.07) is 5.67. The lowest BCUT2D eigenvalue weighted by Gasteiger charge is -2.07. The minimum Gasteiger partial charge on any atom is -0.395 e. The first kappa shape index (κ1) is 15.2. The number of anilines is 1. The molecule has 5 heteroatoms. The number of benzene rings is 1. The second-order valence-electron chi connectivity index (χ2n) is 4.52. The Morgan fingerprint density at radius 3 is 2.90 bits per heavy atom. The van der Waals surface area contributed by atoms with Crippen LogP contribution in [0.15, 0.2) is 24.4 Å². The molecule has 1 amide bonds. The first-order valence-electron chi connectivity index (χ1n) is 6.54. The van der Waals surface area contributed by atoms with Gasteiger partial charge in [-0.2, -0.15) is 0 Å². The van der Waals surface area contributed by atoms with Crippen molar-refractivity contribution in [3.05, 3.63) is 45.4 Å². The molecule has 0 unspecified atom stereocenters. The number of aliphatic hydroxyl groups excluding tert-OH is 1. The first-order chi connectivity index (χ1) is 10.1. The Hall–Kier alpha value is -2.16. The van der Waals surface area contributed by atoms with Gasteiger partial charge in [-0.05, 0) is 31.5 Å². The minimum atomic E-state index is -0.185. The summed E-state index contributed by atoms with van der Waals surface area (Å²) in [5.74, 6) is 5.67. The molecule has 21 heavy (non-hydrogen) atoms. The molecule has 0 saturated carbocycles. The van der Waals surface area contributed by atoms with Crippen LogP contribution in [0.1, 0.15) is 32.2 Å². The van der Waals surface area contributed by atoms with Gasteiger partial charge in [-0.3, -0.25) is 4.79 Å². The van der Waals surface area contributed by atoms with Gasteiger partial charge in [-0.1, -0.05) is 17.9 Å². The predicted octanol–water partition coefficient (Wildman–Crippen LogP) is 2.75. The highest BCUT2D eigenvalue weighted by atomic mass is 32.1. The highest BCUT2D eigenvalue weighted by Gasteiger charge is 2.11. The molecule has 0 atom stereocenters. The molecule has 1 heterocycles. The van der Waals surface area contributed by atoms with Crippen LogP contribution in [-0.2, 0) is 0 Å². The molecule has 108 valence electrons. The lowest BCUT2D eigenvalue weighted by atomic mass is 10.1. The standard InChI is InChI=1S/C16H16N2O2S/c1-11-6-7-14(13(9-11)5-3-4-8-19)18-16(20)15-10-17-12(2)21-15/h6-7,9-10,19H,4,8H2,1-2H3,(H,18,20). The molecule has 0 radical (unpaired) electrons. The van der Waals surface area contributed by atoms with Crippen molar-refractivity contribution in [3.8, 4) is 11.8 Å². The number of rotatable bonds is 3. The van der Waals surface area contributed by atoms with Crippen LogP contribution in [-0.4, -0.2) is 22.6 Å². The van der Waals surface area contributed by atoms with E-state index in [-0.39, 0.29) is 12.5 Å². The van der Waals surface area contributed by atoms with Crippen LogP contribution in [0.5, 0.6) is 0 Å². The molecule has 0 saturated heterocycles. The van der Waals surface area contributed by atoms with Crippen LogP contribution in [0.4, 0.5) is 5.69 Å². The minimum absolute atomic E-state index is 0.0284. The van der Waals surface area contributed by atoms with Crippen LogP contribution in [0.25, 0.3) is 0 Å². The van der Waals surface area contributed by atoms with E-state index in [1.165, 1.54) is 11.3 Å². The summed E-state index contributed by atoms with van der Waals surface area (Å²) in [6.45, 7) is 3.86. The maximum atomic E-state index is 12.2. The third-order valence-electron chi connectivity index (χ3n) is 2.73. The number of hydrogen-bond donors (Lipinski definition) is 2. The molecule has 0 fully saturated rings. The van der Waals surface area contributed by atoms with Gasteiger partial charge < -0.3 is 10.4 Å². The van der Waals surface area contributed by atoms with E-state index in [2.05, 4.69) is 22.1 Å². The highest BCUT2D eigenvalue weighted by Crippen LogP contribution is 2.19. The summed E-state index contributed by atoms with van der Waals surface area (Å²) in [4.78, 5) is 16.8. The van der Waals surface area contributed by atoms with E-state index in [1.54, 1.807) is 6.20 Å². The Labute approximate surface area is 127 Å². The van der Waals surface area contributed by atoms with Crippen LogP contribution < -0.4 is 5.32 Å². The van der Waals surface area contributed by atoms with E-state index in [1.807, 2.05) is 32.0 Å². The van der Waals surface area contributed by atoms with Crippen LogP contribution in [0.3, 0.4) is 0 Å². The van der Waals surface area contributed by atoms with Gasteiger partial charge in [0.15, 0.2) is 0 Å². The number of amides is 1. The smallest absolute Gasteiger partial charge is 0.267 e. The summed E-state index contributed by atoms with van der Waals surface area (Å²) < 4.78 is 0. The second-order valence-corrected chi connectivity index (χ2v) is 5.76.